The average molecular weight is 388 g/mol. The molecule has 0 spiro atoms. The fourth-order valence-electron chi connectivity index (χ4n) is 3.59. The standard InChI is InChI=1S/C21H20N6O2/c1-11-14(9-22)13(3)25-18(11)17(15-7-6-8-27(15)10-16(28)29)19-12(2)20(23-4)21(24-5)26-19/h6-8,25H,10H2,1-3,5H3,(H,24,26)(H,28,29)/b19-17-. The molecular weight excluding hydrogens is 368 g/mol. The van der Waals surface area contributed by atoms with Crippen molar-refractivity contribution in [2.24, 2.45) is 4.99 Å². The molecular formula is C21H20N6O2. The van der Waals surface area contributed by atoms with Crippen LogP contribution >= 0.6 is 0 Å². The van der Waals surface area contributed by atoms with Gasteiger partial charge in [0.05, 0.1) is 23.5 Å². The lowest BCUT2D eigenvalue weighted by Gasteiger charge is -2.16. The number of rotatable bonds is 4. The summed E-state index contributed by atoms with van der Waals surface area (Å²) >= 11 is 0. The number of hydrogen-bond acceptors (Lipinski definition) is 3. The van der Waals surface area contributed by atoms with E-state index < -0.39 is 5.97 Å². The van der Waals surface area contributed by atoms with Crippen LogP contribution in [0.5, 0.6) is 0 Å². The molecule has 0 aliphatic carbocycles. The number of aliphatic carboxylic acids is 1. The van der Waals surface area contributed by atoms with E-state index in [4.69, 9.17) is 6.57 Å². The van der Waals surface area contributed by atoms with Crippen LogP contribution in [-0.2, 0) is 11.3 Å². The fraction of sp³-hybridized carbons (Fsp3) is 0.238. The van der Waals surface area contributed by atoms with Crippen LogP contribution in [0.3, 0.4) is 0 Å². The number of allylic oxidation sites excluding steroid dienone is 1. The summed E-state index contributed by atoms with van der Waals surface area (Å²) in [7, 11) is 1.61. The summed E-state index contributed by atoms with van der Waals surface area (Å²) < 4.78 is 1.62. The van der Waals surface area contributed by atoms with Crippen molar-refractivity contribution >= 4 is 17.4 Å². The Hall–Kier alpha value is -4.04. The van der Waals surface area contributed by atoms with E-state index in [1.807, 2.05) is 26.8 Å². The van der Waals surface area contributed by atoms with Gasteiger partial charge in [0.15, 0.2) is 0 Å². The number of nitrogens with zero attached hydrogens (tertiary/aromatic N) is 4. The van der Waals surface area contributed by atoms with E-state index in [0.29, 0.717) is 45.3 Å². The predicted molar refractivity (Wildman–Crippen MR) is 109 cm³/mol. The monoisotopic (exact) mass is 388 g/mol. The summed E-state index contributed by atoms with van der Waals surface area (Å²) in [4.78, 5) is 22.4. The third-order valence-corrected chi connectivity index (χ3v) is 4.97. The number of nitriles is 1. The third kappa shape index (κ3) is 3.21. The van der Waals surface area contributed by atoms with Gasteiger partial charge in [-0.15, -0.1) is 0 Å². The lowest BCUT2D eigenvalue weighted by Crippen LogP contribution is -2.19. The molecule has 146 valence electrons. The molecule has 2 aromatic heterocycles. The Balaban J connectivity index is 2.39. The molecule has 0 saturated heterocycles. The number of hydrogen-bond donors (Lipinski definition) is 3. The summed E-state index contributed by atoms with van der Waals surface area (Å²) in [6.07, 6.45) is 1.69. The Kier molecular flexibility index (Phi) is 5.12. The van der Waals surface area contributed by atoms with Crippen LogP contribution in [0, 0.1) is 31.8 Å². The maximum Gasteiger partial charge on any atom is 0.323 e. The summed E-state index contributed by atoms with van der Waals surface area (Å²) in [5.74, 6) is -0.504. The van der Waals surface area contributed by atoms with Crippen LogP contribution in [0.2, 0.25) is 0 Å². The van der Waals surface area contributed by atoms with Crippen LogP contribution in [0.25, 0.3) is 10.4 Å². The number of nitrogens with one attached hydrogen (secondary N) is 2. The van der Waals surface area contributed by atoms with Crippen molar-refractivity contribution in [3.8, 4) is 6.07 Å². The maximum atomic E-state index is 11.4. The topological polar surface area (TPSA) is 111 Å². The average Bonchev–Trinajstić information content (AvgIpc) is 3.33. The highest BCUT2D eigenvalue weighted by Crippen LogP contribution is 2.36. The summed E-state index contributed by atoms with van der Waals surface area (Å²) in [5, 5.41) is 22.0. The van der Waals surface area contributed by atoms with Crippen LogP contribution in [0.4, 0.5) is 0 Å². The minimum atomic E-state index is -0.965. The molecule has 8 heteroatoms. The number of carbonyl (C=O) groups is 1. The molecule has 0 unspecified atom stereocenters. The third-order valence-electron chi connectivity index (χ3n) is 4.97. The van der Waals surface area contributed by atoms with Gasteiger partial charge in [-0.1, -0.05) is 0 Å². The zero-order valence-corrected chi connectivity index (χ0v) is 16.6. The first-order chi connectivity index (χ1) is 13.8. The van der Waals surface area contributed by atoms with Gasteiger partial charge in [0.25, 0.3) is 0 Å². The number of carboxylic acids is 1. The van der Waals surface area contributed by atoms with Gasteiger partial charge >= 0.3 is 5.97 Å². The molecule has 3 rings (SSSR count). The highest BCUT2D eigenvalue weighted by Gasteiger charge is 2.29. The molecule has 0 fully saturated rings. The van der Waals surface area contributed by atoms with Crippen molar-refractivity contribution in [2.75, 3.05) is 7.05 Å². The van der Waals surface area contributed by atoms with Gasteiger partial charge in [-0.2, -0.15) is 5.26 Å². The highest BCUT2D eigenvalue weighted by atomic mass is 16.4. The van der Waals surface area contributed by atoms with Gasteiger partial charge in [-0.3, -0.25) is 9.79 Å². The Labute approximate surface area is 168 Å². The molecule has 3 N–H and O–H groups in total. The predicted octanol–water partition coefficient (Wildman–Crippen LogP) is 2.97. The largest absolute Gasteiger partial charge is 0.480 e. The maximum absolute atomic E-state index is 11.4. The molecule has 29 heavy (non-hydrogen) atoms. The van der Waals surface area contributed by atoms with E-state index in [9.17, 15) is 15.2 Å². The lowest BCUT2D eigenvalue weighted by molar-refractivity contribution is -0.137. The molecule has 0 amide bonds. The molecule has 1 aliphatic rings. The van der Waals surface area contributed by atoms with Gasteiger partial charge in [-0.05, 0) is 44.0 Å². The van der Waals surface area contributed by atoms with Crippen molar-refractivity contribution in [3.63, 3.8) is 0 Å². The number of aromatic amines is 1. The number of H-pyrrole nitrogens is 1. The number of aryl methyl sites for hydroxylation is 1. The summed E-state index contributed by atoms with van der Waals surface area (Å²) in [6.45, 7) is 12.8. The molecule has 0 saturated carbocycles. The van der Waals surface area contributed by atoms with Crippen molar-refractivity contribution in [1.82, 2.24) is 14.9 Å². The van der Waals surface area contributed by atoms with Crippen LogP contribution < -0.4 is 5.32 Å². The molecule has 2 aromatic rings. The second-order valence-corrected chi connectivity index (χ2v) is 6.68. The first-order valence-corrected chi connectivity index (χ1v) is 8.88. The second-order valence-electron chi connectivity index (χ2n) is 6.68. The van der Waals surface area contributed by atoms with Crippen LogP contribution in [0.1, 0.15) is 35.1 Å². The Bertz CT molecular complexity index is 1190. The Morgan fingerprint density at radius 3 is 2.66 bits per heavy atom. The van der Waals surface area contributed by atoms with Gasteiger partial charge in [-0.25, -0.2) is 4.85 Å². The fourth-order valence-corrected chi connectivity index (χ4v) is 3.59. The van der Waals surface area contributed by atoms with E-state index in [-0.39, 0.29) is 6.54 Å². The van der Waals surface area contributed by atoms with E-state index >= 15 is 0 Å². The number of amidine groups is 1. The SMILES string of the molecule is [C-]#[N+]C1=C(C)/C(=C(/c2[nH]c(C)c(C#N)c2C)c2cccn2CC(=O)O)NC1=NC. The van der Waals surface area contributed by atoms with E-state index in [2.05, 4.69) is 26.2 Å². The van der Waals surface area contributed by atoms with Gasteiger partial charge in [0.1, 0.15) is 18.4 Å². The number of carboxylic acid groups (broad SMARTS) is 1. The Morgan fingerprint density at radius 2 is 2.14 bits per heavy atom. The van der Waals surface area contributed by atoms with E-state index in [1.165, 1.54) is 0 Å². The zero-order chi connectivity index (χ0) is 21.3. The quantitative estimate of drug-likeness (QED) is 0.699. The molecule has 0 radical (unpaired) electrons. The highest BCUT2D eigenvalue weighted by molar-refractivity contribution is 6.08. The lowest BCUT2D eigenvalue weighted by atomic mass is 9.98. The van der Waals surface area contributed by atoms with Gasteiger partial charge in [0.2, 0.25) is 5.70 Å². The zero-order valence-electron chi connectivity index (χ0n) is 16.6. The van der Waals surface area contributed by atoms with Crippen molar-refractivity contribution < 1.29 is 9.90 Å². The minimum absolute atomic E-state index is 0.212. The first-order valence-electron chi connectivity index (χ1n) is 8.88. The summed E-state index contributed by atoms with van der Waals surface area (Å²) in [5.41, 5.74) is 5.87. The molecule has 1 aliphatic heterocycles. The molecule has 8 nitrogen and oxygen atoms in total. The molecule has 0 aromatic carbocycles. The van der Waals surface area contributed by atoms with E-state index in [1.54, 1.807) is 23.9 Å². The number of aromatic nitrogens is 2. The van der Waals surface area contributed by atoms with Gasteiger partial charge < -0.3 is 20.0 Å². The molecule has 0 bridgehead atoms. The van der Waals surface area contributed by atoms with Crippen LogP contribution in [0.15, 0.2) is 40.3 Å². The minimum Gasteiger partial charge on any atom is -0.480 e. The Morgan fingerprint density at radius 1 is 1.41 bits per heavy atom. The second kappa shape index (κ2) is 7.53. The van der Waals surface area contributed by atoms with Crippen molar-refractivity contribution in [3.05, 3.63) is 74.9 Å². The molecule has 3 heterocycles. The smallest absolute Gasteiger partial charge is 0.323 e. The molecule has 0 atom stereocenters. The van der Waals surface area contributed by atoms with Gasteiger partial charge in [0, 0.05) is 30.2 Å². The summed E-state index contributed by atoms with van der Waals surface area (Å²) in [6, 6.07) is 5.80. The van der Waals surface area contributed by atoms with Crippen molar-refractivity contribution in [1.29, 1.82) is 5.26 Å². The van der Waals surface area contributed by atoms with E-state index in [0.717, 1.165) is 11.3 Å². The van der Waals surface area contributed by atoms with Crippen molar-refractivity contribution in [2.45, 2.75) is 27.3 Å². The normalized spacial score (nSPS) is 16.6. The first kappa shape index (κ1) is 19.7. The van der Waals surface area contributed by atoms with Crippen LogP contribution in [-0.4, -0.2) is 33.5 Å². The number of aliphatic imine (C=N–C) groups is 1.